The molecule has 0 saturated heterocycles. The van der Waals surface area contributed by atoms with Crippen LogP contribution in [0.1, 0.15) is 28.6 Å². The van der Waals surface area contributed by atoms with Crippen LogP contribution < -0.4 is 10.3 Å². The van der Waals surface area contributed by atoms with Crippen molar-refractivity contribution in [1.82, 2.24) is 30.1 Å². The highest BCUT2D eigenvalue weighted by Gasteiger charge is 2.31. The molecule has 0 saturated carbocycles. The van der Waals surface area contributed by atoms with E-state index in [4.69, 9.17) is 21.1 Å². The van der Waals surface area contributed by atoms with Crippen molar-refractivity contribution in [2.24, 2.45) is 0 Å². The van der Waals surface area contributed by atoms with E-state index in [0.717, 1.165) is 22.0 Å². The van der Waals surface area contributed by atoms with Crippen LogP contribution in [0.25, 0.3) is 10.9 Å². The fraction of sp³-hybridized carbons (Fsp3) is 0.241. The van der Waals surface area contributed by atoms with Gasteiger partial charge in [-0.1, -0.05) is 54.1 Å². The number of hydrogen-bond acceptors (Lipinski definition) is 7. The summed E-state index contributed by atoms with van der Waals surface area (Å²) in [5, 5.41) is 14.1. The van der Waals surface area contributed by atoms with Gasteiger partial charge in [-0.15, -0.1) is 5.10 Å². The number of rotatable bonds is 11. The molecule has 2 aromatic heterocycles. The number of methoxy groups -OCH3 is 2. The minimum absolute atomic E-state index is 0.215. The molecule has 0 fully saturated rings. The molecule has 0 aliphatic heterocycles. The first-order valence-electron chi connectivity index (χ1n) is 12.5. The first-order chi connectivity index (χ1) is 19.1. The maximum Gasteiger partial charge on any atom is 0.253 e. The van der Waals surface area contributed by atoms with E-state index in [1.807, 2.05) is 66.7 Å². The molecule has 0 aliphatic rings. The average Bonchev–Trinajstić information content (AvgIpc) is 3.41. The second-order valence-corrected chi connectivity index (χ2v) is 9.62. The van der Waals surface area contributed by atoms with E-state index >= 15 is 0 Å². The van der Waals surface area contributed by atoms with Crippen molar-refractivity contribution < 1.29 is 9.47 Å². The highest BCUT2D eigenvalue weighted by Crippen LogP contribution is 2.31. The lowest BCUT2D eigenvalue weighted by molar-refractivity contribution is 0.169. The second kappa shape index (κ2) is 12.2. The van der Waals surface area contributed by atoms with Gasteiger partial charge in [-0.3, -0.25) is 9.69 Å². The lowest BCUT2D eigenvalue weighted by Gasteiger charge is -2.31. The second-order valence-electron chi connectivity index (χ2n) is 9.18. The lowest BCUT2D eigenvalue weighted by atomic mass is 10.0. The van der Waals surface area contributed by atoms with Crippen molar-refractivity contribution in [3.8, 4) is 5.75 Å². The Bertz CT molecular complexity index is 1590. The zero-order valence-electron chi connectivity index (χ0n) is 21.8. The van der Waals surface area contributed by atoms with E-state index in [1.54, 1.807) is 18.9 Å². The normalized spacial score (nSPS) is 12.2. The molecule has 10 heteroatoms. The topological polar surface area (TPSA) is 98.2 Å². The molecule has 5 aromatic rings. The minimum atomic E-state index is -0.577. The third kappa shape index (κ3) is 6.17. The highest BCUT2D eigenvalue weighted by molar-refractivity contribution is 6.30. The molecule has 0 amide bonds. The summed E-state index contributed by atoms with van der Waals surface area (Å²) in [7, 11) is 3.25. The Kier molecular flexibility index (Phi) is 8.31. The summed E-state index contributed by atoms with van der Waals surface area (Å²) in [4.78, 5) is 18.9. The number of aromatic nitrogens is 5. The van der Waals surface area contributed by atoms with Gasteiger partial charge in [0.15, 0.2) is 5.82 Å². The molecule has 1 atom stereocenters. The summed E-state index contributed by atoms with van der Waals surface area (Å²) in [5.41, 5.74) is 3.15. The molecule has 39 heavy (non-hydrogen) atoms. The molecular weight excluding hydrogens is 516 g/mol. The molecule has 9 nitrogen and oxygen atoms in total. The molecule has 5 rings (SSSR count). The number of fused-ring (bicyclic) bond motifs is 1. The zero-order valence-corrected chi connectivity index (χ0v) is 22.5. The van der Waals surface area contributed by atoms with E-state index < -0.39 is 6.04 Å². The van der Waals surface area contributed by atoms with Gasteiger partial charge in [0.2, 0.25) is 0 Å². The van der Waals surface area contributed by atoms with Gasteiger partial charge in [-0.2, -0.15) is 0 Å². The Morgan fingerprint density at radius 3 is 2.44 bits per heavy atom. The van der Waals surface area contributed by atoms with Crippen molar-refractivity contribution in [2.75, 3.05) is 20.8 Å². The maximum atomic E-state index is 13.7. The highest BCUT2D eigenvalue weighted by atomic mass is 35.5. The Labute approximate surface area is 230 Å². The zero-order chi connectivity index (χ0) is 27.2. The van der Waals surface area contributed by atoms with Gasteiger partial charge in [0.25, 0.3) is 5.56 Å². The third-order valence-electron chi connectivity index (χ3n) is 6.58. The molecule has 1 N–H and O–H groups in total. The molecule has 0 radical (unpaired) electrons. The Morgan fingerprint density at radius 2 is 1.72 bits per heavy atom. The smallest absolute Gasteiger partial charge is 0.253 e. The van der Waals surface area contributed by atoms with Crippen molar-refractivity contribution in [3.05, 3.63) is 117 Å². The summed E-state index contributed by atoms with van der Waals surface area (Å²) in [6.45, 7) is 1.92. The van der Waals surface area contributed by atoms with Crippen LogP contribution in [-0.4, -0.2) is 50.9 Å². The van der Waals surface area contributed by atoms with Gasteiger partial charge < -0.3 is 14.5 Å². The van der Waals surface area contributed by atoms with Crippen molar-refractivity contribution in [3.63, 3.8) is 0 Å². The predicted molar refractivity (Wildman–Crippen MR) is 150 cm³/mol. The van der Waals surface area contributed by atoms with Crippen LogP contribution in [0.5, 0.6) is 5.75 Å². The molecule has 0 bridgehead atoms. The number of pyridine rings is 1. The van der Waals surface area contributed by atoms with E-state index in [0.29, 0.717) is 48.4 Å². The first-order valence-corrected chi connectivity index (χ1v) is 12.9. The summed E-state index contributed by atoms with van der Waals surface area (Å²) < 4.78 is 12.4. The molecule has 0 aliphatic carbocycles. The Balaban J connectivity index is 1.69. The molecule has 0 spiro atoms. The van der Waals surface area contributed by atoms with Crippen molar-refractivity contribution >= 4 is 22.5 Å². The molecule has 2 heterocycles. The Morgan fingerprint density at radius 1 is 0.974 bits per heavy atom. The minimum Gasteiger partial charge on any atom is -0.497 e. The standard InChI is InChI=1S/C29H29ClN6O3/c1-38-15-14-36-28(32-33-34-36)27(25-17-22-16-24(39-2)12-13-26(22)31-29(25)37)35(18-20-6-4-3-5-7-20)19-21-8-10-23(30)11-9-21/h3-13,16-17,27H,14-15,18-19H2,1-2H3,(H,31,37)/t27-/m1/s1. The van der Waals surface area contributed by atoms with Crippen LogP contribution in [0.2, 0.25) is 5.02 Å². The van der Waals surface area contributed by atoms with E-state index in [1.165, 1.54) is 0 Å². The fourth-order valence-electron chi connectivity index (χ4n) is 4.66. The van der Waals surface area contributed by atoms with E-state index in [9.17, 15) is 4.79 Å². The van der Waals surface area contributed by atoms with Gasteiger partial charge in [-0.25, -0.2) is 4.68 Å². The molecule has 3 aromatic carbocycles. The number of nitrogens with zero attached hydrogens (tertiary/aromatic N) is 5. The monoisotopic (exact) mass is 544 g/mol. The number of H-pyrrole nitrogens is 1. The fourth-order valence-corrected chi connectivity index (χ4v) is 4.78. The summed E-state index contributed by atoms with van der Waals surface area (Å²) >= 11 is 6.18. The summed E-state index contributed by atoms with van der Waals surface area (Å²) in [6, 6.07) is 24.7. The van der Waals surface area contributed by atoms with Gasteiger partial charge in [0.05, 0.1) is 20.3 Å². The summed E-state index contributed by atoms with van der Waals surface area (Å²) in [5.74, 6) is 1.24. The van der Waals surface area contributed by atoms with Crippen molar-refractivity contribution in [1.29, 1.82) is 0 Å². The van der Waals surface area contributed by atoms with Crippen LogP contribution in [0, 0.1) is 0 Å². The molecule has 0 unspecified atom stereocenters. The van der Waals surface area contributed by atoms with Crippen molar-refractivity contribution in [2.45, 2.75) is 25.7 Å². The van der Waals surface area contributed by atoms with Gasteiger partial charge in [0.1, 0.15) is 11.8 Å². The number of aromatic amines is 1. The number of halogens is 1. The Hall–Kier alpha value is -4.05. The van der Waals surface area contributed by atoms with Gasteiger partial charge in [-0.05, 0) is 58.0 Å². The SMILES string of the molecule is COCCn1nnnc1[C@@H](c1cc2cc(OC)ccc2[nH]c1=O)N(Cc1ccccc1)Cc1ccc(Cl)cc1. The molecular formula is C29H29ClN6O3. The van der Waals surface area contributed by atoms with E-state index in [-0.39, 0.29) is 5.56 Å². The predicted octanol–water partition coefficient (Wildman–Crippen LogP) is 4.61. The maximum absolute atomic E-state index is 13.7. The van der Waals surface area contributed by atoms with Crippen LogP contribution >= 0.6 is 11.6 Å². The average molecular weight is 545 g/mol. The van der Waals surface area contributed by atoms with Gasteiger partial charge in [0, 0.05) is 41.7 Å². The quantitative estimate of drug-likeness (QED) is 0.259. The van der Waals surface area contributed by atoms with Crippen LogP contribution in [-0.2, 0) is 24.4 Å². The summed E-state index contributed by atoms with van der Waals surface area (Å²) in [6.07, 6.45) is 0. The van der Waals surface area contributed by atoms with E-state index in [2.05, 4.69) is 37.5 Å². The molecule has 200 valence electrons. The van der Waals surface area contributed by atoms with Crippen LogP contribution in [0.4, 0.5) is 0 Å². The third-order valence-corrected chi connectivity index (χ3v) is 6.83. The number of ether oxygens (including phenoxy) is 2. The van der Waals surface area contributed by atoms with Gasteiger partial charge >= 0.3 is 0 Å². The number of tetrazole rings is 1. The largest absolute Gasteiger partial charge is 0.497 e. The first kappa shape index (κ1) is 26.6. The van der Waals surface area contributed by atoms with Crippen LogP contribution in [0.3, 0.4) is 0 Å². The van der Waals surface area contributed by atoms with Crippen LogP contribution in [0.15, 0.2) is 83.7 Å². The lowest BCUT2D eigenvalue weighted by Crippen LogP contribution is -2.35. The number of hydrogen-bond donors (Lipinski definition) is 1. The number of nitrogens with one attached hydrogen (secondary N) is 1. The number of benzene rings is 3.